The molecule has 0 amide bonds. The van der Waals surface area contributed by atoms with Crippen molar-refractivity contribution in [2.75, 3.05) is 30.8 Å². The molecule has 0 aliphatic carbocycles. The number of nitrogens with one attached hydrogen (secondary N) is 1. The highest BCUT2D eigenvalue weighted by atomic mass is 15.1. The summed E-state index contributed by atoms with van der Waals surface area (Å²) in [5.74, 6) is 0.607. The zero-order valence-corrected chi connectivity index (χ0v) is 16.3. The van der Waals surface area contributed by atoms with Crippen molar-refractivity contribution >= 4 is 11.4 Å². The number of para-hydroxylation sites is 1. The summed E-state index contributed by atoms with van der Waals surface area (Å²) in [6.07, 6.45) is 3.26. The number of hydrogen-bond acceptors (Lipinski definition) is 4. The zero-order chi connectivity index (χ0) is 18.4. The van der Waals surface area contributed by atoms with Gasteiger partial charge in [-0.15, -0.1) is 0 Å². The predicted octanol–water partition coefficient (Wildman–Crippen LogP) is 4.41. The normalized spacial score (nSPS) is 17.5. The van der Waals surface area contributed by atoms with Gasteiger partial charge in [-0.05, 0) is 42.1 Å². The van der Waals surface area contributed by atoms with E-state index in [1.165, 1.54) is 17.5 Å². The number of nitrogen functional groups attached to an aromatic ring is 1. The van der Waals surface area contributed by atoms with Gasteiger partial charge in [0.2, 0.25) is 0 Å². The molecular formula is C21H32N4. The third-order valence-corrected chi connectivity index (χ3v) is 4.63. The molecule has 1 fully saturated rings. The van der Waals surface area contributed by atoms with Gasteiger partial charge in [0.15, 0.2) is 0 Å². The van der Waals surface area contributed by atoms with Crippen LogP contribution in [0.15, 0.2) is 30.5 Å². The van der Waals surface area contributed by atoms with Gasteiger partial charge in [-0.1, -0.05) is 39.8 Å². The molecule has 4 heteroatoms. The molecule has 136 valence electrons. The van der Waals surface area contributed by atoms with Crippen LogP contribution in [0.3, 0.4) is 0 Å². The lowest BCUT2D eigenvalue weighted by Gasteiger charge is -2.30. The number of nitrogens with two attached hydrogens (primary N) is 1. The Morgan fingerprint density at radius 3 is 2.64 bits per heavy atom. The Morgan fingerprint density at radius 2 is 1.96 bits per heavy atom. The lowest BCUT2D eigenvalue weighted by Crippen LogP contribution is -2.23. The van der Waals surface area contributed by atoms with Gasteiger partial charge < -0.3 is 16.0 Å². The van der Waals surface area contributed by atoms with Crippen molar-refractivity contribution < 1.29 is 0 Å². The molecule has 1 aromatic carbocycles. The van der Waals surface area contributed by atoms with Crippen molar-refractivity contribution in [2.45, 2.75) is 46.6 Å². The molecule has 4 nitrogen and oxygen atoms in total. The molecule has 1 atom stereocenters. The second kappa shape index (κ2) is 8.86. The fourth-order valence-corrected chi connectivity index (χ4v) is 3.57. The summed E-state index contributed by atoms with van der Waals surface area (Å²) in [7, 11) is 2.10. The van der Waals surface area contributed by atoms with Crippen LogP contribution in [0.1, 0.15) is 51.2 Å². The summed E-state index contributed by atoms with van der Waals surface area (Å²) in [5, 5.41) is 3.43. The van der Waals surface area contributed by atoms with Gasteiger partial charge in [-0.2, -0.15) is 0 Å². The fraction of sp³-hybridized carbons (Fsp3) is 0.476. The number of pyridine rings is 1. The van der Waals surface area contributed by atoms with Crippen molar-refractivity contribution in [3.8, 4) is 11.3 Å². The topological polar surface area (TPSA) is 54.2 Å². The molecule has 4 rings (SSSR count). The number of aromatic nitrogens is 1. The minimum Gasteiger partial charge on any atom is -0.397 e. The van der Waals surface area contributed by atoms with Crippen LogP contribution < -0.4 is 16.0 Å². The maximum atomic E-state index is 6.14. The van der Waals surface area contributed by atoms with Crippen LogP contribution in [-0.2, 0) is 6.54 Å². The first-order chi connectivity index (χ1) is 12.2. The molecule has 1 aromatic heterocycles. The summed E-state index contributed by atoms with van der Waals surface area (Å²) in [5.41, 5.74) is 13.0. The van der Waals surface area contributed by atoms with Crippen LogP contribution in [0, 0.1) is 0 Å². The standard InChI is InChI=1S/C17H20N4.2C2H6/c1-21-10-13-7-12(11-5-6-19-8-11)9-20-16(13)14-3-2-4-15(18)17(14)21;2*1-2/h2-4,7,9,11,19H,5-6,8,10,18H2,1H3;2*1-2H3. The van der Waals surface area contributed by atoms with Crippen molar-refractivity contribution in [2.24, 2.45) is 0 Å². The third kappa shape index (κ3) is 3.79. The maximum Gasteiger partial charge on any atom is 0.0773 e. The summed E-state index contributed by atoms with van der Waals surface area (Å²) in [6.45, 7) is 11.1. The van der Waals surface area contributed by atoms with E-state index in [4.69, 9.17) is 10.7 Å². The van der Waals surface area contributed by atoms with Crippen LogP contribution in [0.5, 0.6) is 0 Å². The molecule has 3 heterocycles. The number of rotatable bonds is 1. The van der Waals surface area contributed by atoms with E-state index >= 15 is 0 Å². The maximum absolute atomic E-state index is 6.14. The molecule has 0 saturated carbocycles. The minimum absolute atomic E-state index is 0.607. The highest BCUT2D eigenvalue weighted by Crippen LogP contribution is 2.41. The minimum atomic E-state index is 0.607. The molecule has 2 aliphatic rings. The van der Waals surface area contributed by atoms with E-state index in [1.807, 2.05) is 39.8 Å². The molecular weight excluding hydrogens is 308 g/mol. The van der Waals surface area contributed by atoms with Gasteiger partial charge >= 0.3 is 0 Å². The summed E-state index contributed by atoms with van der Waals surface area (Å²) >= 11 is 0. The van der Waals surface area contributed by atoms with E-state index in [-0.39, 0.29) is 0 Å². The van der Waals surface area contributed by atoms with E-state index < -0.39 is 0 Å². The third-order valence-electron chi connectivity index (χ3n) is 4.63. The number of nitrogens with zero attached hydrogens (tertiary/aromatic N) is 2. The molecule has 3 N–H and O–H groups in total. The second-order valence-electron chi connectivity index (χ2n) is 6.07. The molecule has 2 aliphatic heterocycles. The Kier molecular flexibility index (Phi) is 6.82. The van der Waals surface area contributed by atoms with Crippen molar-refractivity contribution in [1.29, 1.82) is 0 Å². The smallest absolute Gasteiger partial charge is 0.0773 e. The lowest BCUT2D eigenvalue weighted by atomic mass is 9.93. The molecule has 0 bridgehead atoms. The lowest BCUT2D eigenvalue weighted by molar-refractivity contribution is 0.754. The molecule has 2 aromatic rings. The second-order valence-corrected chi connectivity index (χ2v) is 6.07. The molecule has 0 spiro atoms. The van der Waals surface area contributed by atoms with Crippen LogP contribution in [0.25, 0.3) is 11.3 Å². The van der Waals surface area contributed by atoms with Crippen LogP contribution in [0.4, 0.5) is 11.4 Å². The van der Waals surface area contributed by atoms with Crippen LogP contribution >= 0.6 is 0 Å². The Morgan fingerprint density at radius 1 is 1.20 bits per heavy atom. The first-order valence-corrected chi connectivity index (χ1v) is 9.53. The van der Waals surface area contributed by atoms with Gasteiger partial charge in [0.1, 0.15) is 0 Å². The molecule has 1 unspecified atom stereocenters. The average molecular weight is 341 g/mol. The average Bonchev–Trinajstić information content (AvgIpc) is 3.19. The number of anilines is 2. The Hall–Kier alpha value is -2.07. The number of hydrogen-bond donors (Lipinski definition) is 2. The van der Waals surface area contributed by atoms with Gasteiger partial charge in [-0.25, -0.2) is 0 Å². The van der Waals surface area contributed by atoms with Crippen molar-refractivity contribution in [3.63, 3.8) is 0 Å². The van der Waals surface area contributed by atoms with E-state index in [2.05, 4.69) is 35.6 Å². The monoisotopic (exact) mass is 340 g/mol. The van der Waals surface area contributed by atoms with Crippen LogP contribution in [-0.4, -0.2) is 25.1 Å². The summed E-state index contributed by atoms with van der Waals surface area (Å²) in [4.78, 5) is 7.00. The Labute approximate surface area is 152 Å². The van der Waals surface area contributed by atoms with E-state index in [9.17, 15) is 0 Å². The first-order valence-electron chi connectivity index (χ1n) is 9.53. The highest BCUT2D eigenvalue weighted by Gasteiger charge is 2.25. The van der Waals surface area contributed by atoms with Gasteiger partial charge in [0.25, 0.3) is 0 Å². The molecule has 0 radical (unpaired) electrons. The molecule has 1 saturated heterocycles. The van der Waals surface area contributed by atoms with Gasteiger partial charge in [-0.3, -0.25) is 4.98 Å². The largest absolute Gasteiger partial charge is 0.397 e. The van der Waals surface area contributed by atoms with Crippen LogP contribution in [0.2, 0.25) is 0 Å². The van der Waals surface area contributed by atoms with Crippen molar-refractivity contribution in [1.82, 2.24) is 10.3 Å². The highest BCUT2D eigenvalue weighted by molar-refractivity contribution is 5.88. The summed E-state index contributed by atoms with van der Waals surface area (Å²) in [6, 6.07) is 8.42. The van der Waals surface area contributed by atoms with Gasteiger partial charge in [0, 0.05) is 31.9 Å². The molecule has 25 heavy (non-hydrogen) atoms. The fourth-order valence-electron chi connectivity index (χ4n) is 3.57. The van der Waals surface area contributed by atoms with Gasteiger partial charge in [0.05, 0.1) is 17.1 Å². The Balaban J connectivity index is 0.000000528. The first kappa shape index (κ1) is 19.3. The SMILES string of the molecule is CC.CC.CN1Cc2cc(C3CCNC3)cnc2-c2cccc(N)c21. The quantitative estimate of drug-likeness (QED) is 0.755. The van der Waals surface area contributed by atoms with E-state index in [0.717, 1.165) is 42.3 Å². The zero-order valence-electron chi connectivity index (χ0n) is 16.3. The van der Waals surface area contributed by atoms with Crippen molar-refractivity contribution in [3.05, 3.63) is 41.6 Å². The Bertz CT molecular complexity index is 690. The predicted molar refractivity (Wildman–Crippen MR) is 109 cm³/mol. The number of fused-ring (bicyclic) bond motifs is 3. The van der Waals surface area contributed by atoms with E-state index in [1.54, 1.807) is 0 Å². The number of benzene rings is 1. The summed E-state index contributed by atoms with van der Waals surface area (Å²) < 4.78 is 0. The van der Waals surface area contributed by atoms with E-state index in [0.29, 0.717) is 5.92 Å².